The first-order chi connectivity index (χ1) is 12.7. The maximum Gasteiger partial charge on any atom is 0.309 e. The van der Waals surface area contributed by atoms with Gasteiger partial charge in [0.2, 0.25) is 0 Å². The second-order valence-electron chi connectivity index (χ2n) is 8.25. The van der Waals surface area contributed by atoms with Crippen LogP contribution in [0.2, 0.25) is 0 Å². The van der Waals surface area contributed by atoms with Crippen molar-refractivity contribution < 1.29 is 14.3 Å². The summed E-state index contributed by atoms with van der Waals surface area (Å²) in [6, 6.07) is 0. The van der Waals surface area contributed by atoms with Gasteiger partial charge >= 0.3 is 5.97 Å². The lowest BCUT2D eigenvalue weighted by atomic mass is 9.94. The molecule has 0 aromatic carbocycles. The summed E-state index contributed by atoms with van der Waals surface area (Å²) in [7, 11) is 0. The van der Waals surface area contributed by atoms with Gasteiger partial charge in [-0.15, -0.1) is 0 Å². The van der Waals surface area contributed by atoms with E-state index >= 15 is 0 Å². The Morgan fingerprint density at radius 3 is 2.38 bits per heavy atom. The third kappa shape index (κ3) is 3.82. The number of ether oxygens (including phenoxy) is 2. The number of hydrogen-bond donors (Lipinski definition) is 0. The van der Waals surface area contributed by atoms with Crippen LogP contribution in [0.1, 0.15) is 44.9 Å². The highest BCUT2D eigenvalue weighted by molar-refractivity contribution is 5.74. The van der Waals surface area contributed by atoms with Crippen molar-refractivity contribution in [2.75, 3.05) is 13.2 Å². The number of fused-ring (bicyclic) bond motifs is 4. The molecule has 1 saturated carbocycles. The molecule has 0 aromatic heterocycles. The van der Waals surface area contributed by atoms with Gasteiger partial charge in [0.05, 0.1) is 19.1 Å². The summed E-state index contributed by atoms with van der Waals surface area (Å²) in [6.07, 6.45) is 18.8. The molecule has 4 aliphatic rings. The molecule has 26 heavy (non-hydrogen) atoms. The average molecular weight is 354 g/mol. The van der Waals surface area contributed by atoms with E-state index in [0.717, 1.165) is 50.9 Å². The molecule has 0 aliphatic heterocycles. The second kappa shape index (κ2) is 7.85. The Morgan fingerprint density at radius 1 is 0.962 bits per heavy atom. The van der Waals surface area contributed by atoms with Crippen LogP contribution < -0.4 is 0 Å². The van der Waals surface area contributed by atoms with Gasteiger partial charge in [0, 0.05) is 5.92 Å². The van der Waals surface area contributed by atoms with Crippen LogP contribution in [0, 0.1) is 29.6 Å². The van der Waals surface area contributed by atoms with E-state index in [1.54, 1.807) is 0 Å². The molecule has 1 fully saturated rings. The predicted molar refractivity (Wildman–Crippen MR) is 102 cm³/mol. The maximum atomic E-state index is 12.1. The van der Waals surface area contributed by atoms with E-state index in [2.05, 4.69) is 37.0 Å². The Kier molecular flexibility index (Phi) is 5.33. The standard InChI is InChI=1S/C23H30O3/c1-16(21-14-17-6-8-19(21)12-17)25-10-4-2-3-5-11-26-23(24)22-15-18-7-9-20(22)13-18/h6-9,14,17-20,22H,1-5,10-13,15H2. The van der Waals surface area contributed by atoms with Crippen LogP contribution in [0.25, 0.3) is 0 Å². The first-order valence-corrected chi connectivity index (χ1v) is 10.3. The van der Waals surface area contributed by atoms with Crippen molar-refractivity contribution >= 4 is 5.97 Å². The van der Waals surface area contributed by atoms with Crippen molar-refractivity contribution in [2.24, 2.45) is 29.6 Å². The minimum atomic E-state index is 0.0228. The van der Waals surface area contributed by atoms with Crippen LogP contribution in [0.5, 0.6) is 0 Å². The van der Waals surface area contributed by atoms with Crippen LogP contribution >= 0.6 is 0 Å². The van der Waals surface area contributed by atoms with Crippen LogP contribution in [0.15, 0.2) is 48.3 Å². The minimum absolute atomic E-state index is 0.0228. The number of carbonyl (C=O) groups excluding carboxylic acids is 1. The highest BCUT2D eigenvalue weighted by Gasteiger charge is 2.40. The number of rotatable bonds is 10. The molecule has 0 aromatic rings. The summed E-state index contributed by atoms with van der Waals surface area (Å²) >= 11 is 0. The number of allylic oxidation sites excluding steroid dienone is 6. The van der Waals surface area contributed by atoms with Gasteiger partial charge in [-0.25, -0.2) is 0 Å². The third-order valence-electron chi connectivity index (χ3n) is 6.37. The molecule has 4 aliphatic carbocycles. The predicted octanol–water partition coefficient (Wildman–Crippen LogP) is 4.96. The summed E-state index contributed by atoms with van der Waals surface area (Å²) < 4.78 is 11.3. The van der Waals surface area contributed by atoms with Crippen molar-refractivity contribution in [1.82, 2.24) is 0 Å². The Morgan fingerprint density at radius 2 is 1.77 bits per heavy atom. The van der Waals surface area contributed by atoms with Gasteiger partial charge in [0.25, 0.3) is 0 Å². The lowest BCUT2D eigenvalue weighted by Crippen LogP contribution is -2.21. The van der Waals surface area contributed by atoms with E-state index in [0.29, 0.717) is 30.3 Å². The van der Waals surface area contributed by atoms with Crippen molar-refractivity contribution in [3.05, 3.63) is 48.3 Å². The molecule has 0 heterocycles. The van der Waals surface area contributed by atoms with E-state index in [-0.39, 0.29) is 11.9 Å². The molecular formula is C23H30O3. The largest absolute Gasteiger partial charge is 0.494 e. The van der Waals surface area contributed by atoms with E-state index in [9.17, 15) is 4.79 Å². The van der Waals surface area contributed by atoms with E-state index in [1.165, 1.54) is 12.0 Å². The summed E-state index contributed by atoms with van der Waals surface area (Å²) in [5, 5.41) is 0. The molecule has 4 rings (SSSR count). The van der Waals surface area contributed by atoms with Crippen LogP contribution in [-0.2, 0) is 14.3 Å². The topological polar surface area (TPSA) is 35.5 Å². The van der Waals surface area contributed by atoms with Gasteiger partial charge in [-0.05, 0) is 68.3 Å². The monoisotopic (exact) mass is 354 g/mol. The SMILES string of the molecule is C=C(OCCCCCCOC(=O)C1CC2C=CC1C2)C1=CC2C=CC1C2. The Labute approximate surface area is 156 Å². The quantitative estimate of drug-likeness (QED) is 0.241. The van der Waals surface area contributed by atoms with Gasteiger partial charge in [-0.1, -0.05) is 37.0 Å². The minimum Gasteiger partial charge on any atom is -0.494 e. The zero-order chi connectivity index (χ0) is 17.9. The molecule has 0 N–H and O–H groups in total. The Balaban J connectivity index is 1.01. The third-order valence-corrected chi connectivity index (χ3v) is 6.37. The molecule has 0 amide bonds. The lowest BCUT2D eigenvalue weighted by Gasteiger charge is -2.16. The molecule has 0 radical (unpaired) electrons. The first kappa shape index (κ1) is 17.6. The molecule has 140 valence electrons. The molecule has 4 bridgehead atoms. The fourth-order valence-electron chi connectivity index (χ4n) is 4.90. The summed E-state index contributed by atoms with van der Waals surface area (Å²) in [4.78, 5) is 12.1. The van der Waals surface area contributed by atoms with Crippen LogP contribution in [0.3, 0.4) is 0 Å². The highest BCUT2D eigenvalue weighted by Crippen LogP contribution is 2.44. The normalized spacial score (nSPS) is 32.9. The summed E-state index contributed by atoms with van der Waals surface area (Å²) in [5.41, 5.74) is 1.29. The average Bonchev–Trinajstić information content (AvgIpc) is 3.43. The van der Waals surface area contributed by atoms with Gasteiger partial charge in [-0.2, -0.15) is 0 Å². The van der Waals surface area contributed by atoms with Gasteiger partial charge < -0.3 is 9.47 Å². The summed E-state index contributed by atoms with van der Waals surface area (Å²) in [5.74, 6) is 3.21. The second-order valence-corrected chi connectivity index (χ2v) is 8.25. The summed E-state index contributed by atoms with van der Waals surface area (Å²) in [6.45, 7) is 5.38. The fourth-order valence-corrected chi connectivity index (χ4v) is 4.90. The first-order valence-electron chi connectivity index (χ1n) is 10.3. The fraction of sp³-hybridized carbons (Fsp3) is 0.609. The highest BCUT2D eigenvalue weighted by atomic mass is 16.5. The van der Waals surface area contributed by atoms with Crippen molar-refractivity contribution in [3.63, 3.8) is 0 Å². The zero-order valence-electron chi connectivity index (χ0n) is 15.6. The van der Waals surface area contributed by atoms with Crippen molar-refractivity contribution in [2.45, 2.75) is 44.9 Å². The van der Waals surface area contributed by atoms with Crippen molar-refractivity contribution in [1.29, 1.82) is 0 Å². The van der Waals surface area contributed by atoms with Gasteiger partial charge in [0.15, 0.2) is 0 Å². The Hall–Kier alpha value is -1.77. The zero-order valence-corrected chi connectivity index (χ0v) is 15.6. The maximum absolute atomic E-state index is 12.1. The number of carbonyl (C=O) groups is 1. The van der Waals surface area contributed by atoms with Crippen LogP contribution in [-0.4, -0.2) is 19.2 Å². The molecular weight excluding hydrogens is 324 g/mol. The molecule has 0 spiro atoms. The molecule has 5 unspecified atom stereocenters. The number of hydrogen-bond acceptors (Lipinski definition) is 3. The number of unbranched alkanes of at least 4 members (excludes halogenated alkanes) is 3. The molecule has 5 atom stereocenters. The molecule has 3 heteroatoms. The number of esters is 1. The van der Waals surface area contributed by atoms with E-state index < -0.39 is 0 Å². The lowest BCUT2D eigenvalue weighted by molar-refractivity contribution is -0.149. The van der Waals surface area contributed by atoms with Gasteiger partial charge in [0.1, 0.15) is 5.76 Å². The Bertz CT molecular complexity index is 642. The van der Waals surface area contributed by atoms with Crippen LogP contribution in [0.4, 0.5) is 0 Å². The molecule has 0 saturated heterocycles. The van der Waals surface area contributed by atoms with Crippen molar-refractivity contribution in [3.8, 4) is 0 Å². The smallest absolute Gasteiger partial charge is 0.309 e. The van der Waals surface area contributed by atoms with E-state index in [1.807, 2.05) is 0 Å². The molecule has 3 nitrogen and oxygen atoms in total. The van der Waals surface area contributed by atoms with E-state index in [4.69, 9.17) is 9.47 Å². The van der Waals surface area contributed by atoms with Gasteiger partial charge in [-0.3, -0.25) is 4.79 Å².